The molecule has 2 aromatic carbocycles. The van der Waals surface area contributed by atoms with Gasteiger partial charge in [0.15, 0.2) is 0 Å². The predicted octanol–water partition coefficient (Wildman–Crippen LogP) is 4.51. The van der Waals surface area contributed by atoms with Crippen LogP contribution in [-0.2, 0) is 21.2 Å². The number of nitrogens with zero attached hydrogens (tertiary/aromatic N) is 1. The number of hydrogen-bond acceptors (Lipinski definition) is 3. The predicted molar refractivity (Wildman–Crippen MR) is 107 cm³/mol. The Morgan fingerprint density at radius 2 is 2.04 bits per heavy atom. The van der Waals surface area contributed by atoms with Crippen molar-refractivity contribution in [3.63, 3.8) is 0 Å². The number of rotatable bonds is 3. The maximum absolute atomic E-state index is 13.0. The lowest BCUT2D eigenvalue weighted by Crippen LogP contribution is -2.33. The fraction of sp³-hybridized carbons (Fsp3) is 0.278. The number of halogens is 2. The van der Waals surface area contributed by atoms with E-state index in [1.54, 1.807) is 42.2 Å². The van der Waals surface area contributed by atoms with Crippen LogP contribution in [0.25, 0.3) is 0 Å². The minimum Gasteiger partial charge on any atom is -0.309 e. The molecule has 0 saturated carbocycles. The molecule has 0 saturated heterocycles. The minimum absolute atomic E-state index is 0.00418. The molecule has 1 aliphatic heterocycles. The number of hydrogen-bond donors (Lipinski definition) is 1. The molecular formula is C18H18BrClN2O3S. The molecule has 0 radical (unpaired) electrons. The number of nitrogens with one attached hydrogen (secondary N) is 1. The van der Waals surface area contributed by atoms with Crippen molar-refractivity contribution < 1.29 is 13.2 Å². The second kappa shape index (κ2) is 6.87. The van der Waals surface area contributed by atoms with E-state index in [0.717, 1.165) is 5.56 Å². The van der Waals surface area contributed by atoms with Gasteiger partial charge < -0.3 is 4.90 Å². The highest BCUT2D eigenvalue weighted by Crippen LogP contribution is 2.38. The molecular weight excluding hydrogens is 440 g/mol. The van der Waals surface area contributed by atoms with Crippen molar-refractivity contribution in [1.29, 1.82) is 0 Å². The van der Waals surface area contributed by atoms with Crippen LogP contribution in [0.5, 0.6) is 0 Å². The average molecular weight is 458 g/mol. The van der Waals surface area contributed by atoms with Gasteiger partial charge in [-0.3, -0.25) is 9.52 Å². The van der Waals surface area contributed by atoms with Crippen molar-refractivity contribution in [3.05, 3.63) is 51.0 Å². The highest BCUT2D eigenvalue weighted by atomic mass is 79.9. The van der Waals surface area contributed by atoms with Crippen molar-refractivity contribution in [2.45, 2.75) is 38.1 Å². The Hall–Kier alpha value is -1.57. The summed E-state index contributed by atoms with van der Waals surface area (Å²) in [6, 6.07) is 8.36. The van der Waals surface area contributed by atoms with Gasteiger partial charge in [-0.15, -0.1) is 0 Å². The molecule has 0 bridgehead atoms. The molecule has 5 nitrogen and oxygen atoms in total. The summed E-state index contributed by atoms with van der Waals surface area (Å²) in [4.78, 5) is 13.7. The molecule has 138 valence electrons. The highest BCUT2D eigenvalue weighted by Gasteiger charge is 2.32. The summed E-state index contributed by atoms with van der Waals surface area (Å²) in [5.74, 6) is -0.111. The Morgan fingerprint density at radius 1 is 1.35 bits per heavy atom. The summed E-state index contributed by atoms with van der Waals surface area (Å²) < 4.78 is 29.0. The number of carbonyl (C=O) groups is 1. The molecule has 1 N–H and O–H groups in total. The summed E-state index contributed by atoms with van der Waals surface area (Å²) in [7, 11) is -3.86. The summed E-state index contributed by atoms with van der Waals surface area (Å²) >= 11 is 9.44. The van der Waals surface area contributed by atoms with Crippen molar-refractivity contribution in [2.75, 3.05) is 9.62 Å². The van der Waals surface area contributed by atoms with Gasteiger partial charge in [0.05, 0.1) is 5.69 Å². The molecule has 26 heavy (non-hydrogen) atoms. The summed E-state index contributed by atoms with van der Waals surface area (Å²) in [6.45, 7) is 5.17. The first-order chi connectivity index (χ1) is 12.1. The largest absolute Gasteiger partial charge is 0.309 e. The van der Waals surface area contributed by atoms with E-state index in [9.17, 15) is 13.2 Å². The molecule has 0 aliphatic carbocycles. The molecule has 1 atom stereocenters. The monoisotopic (exact) mass is 456 g/mol. The summed E-state index contributed by atoms with van der Waals surface area (Å²) in [6.07, 6.45) is 0.689. The molecule has 1 unspecified atom stereocenters. The molecule has 0 aromatic heterocycles. The fourth-order valence-corrected chi connectivity index (χ4v) is 5.63. The van der Waals surface area contributed by atoms with Gasteiger partial charge in [-0.05, 0) is 71.6 Å². The number of amides is 1. The van der Waals surface area contributed by atoms with Crippen LogP contribution < -0.4 is 9.62 Å². The van der Waals surface area contributed by atoms with Crippen molar-refractivity contribution in [1.82, 2.24) is 0 Å². The van der Waals surface area contributed by atoms with Crippen molar-refractivity contribution in [3.8, 4) is 0 Å². The molecule has 3 rings (SSSR count). The van der Waals surface area contributed by atoms with Gasteiger partial charge in [0.25, 0.3) is 10.0 Å². The van der Waals surface area contributed by atoms with Gasteiger partial charge >= 0.3 is 0 Å². The molecule has 0 spiro atoms. The van der Waals surface area contributed by atoms with E-state index in [1.165, 1.54) is 6.92 Å². The van der Waals surface area contributed by atoms with E-state index in [1.807, 2.05) is 6.92 Å². The number of anilines is 2. The summed E-state index contributed by atoms with van der Waals surface area (Å²) in [5, 5.41) is 0.481. The zero-order chi connectivity index (χ0) is 19.2. The van der Waals surface area contributed by atoms with E-state index >= 15 is 0 Å². The SMILES string of the molecule is CC(=O)N1c2cc(S(=O)(=O)Nc3cccc(Cl)c3C)c(Br)cc2CC1C. The van der Waals surface area contributed by atoms with Crippen LogP contribution >= 0.6 is 27.5 Å². The zero-order valence-corrected chi connectivity index (χ0v) is 17.7. The van der Waals surface area contributed by atoms with Crippen LogP contribution in [0.1, 0.15) is 25.0 Å². The lowest BCUT2D eigenvalue weighted by molar-refractivity contribution is -0.116. The molecule has 0 fully saturated rings. The van der Waals surface area contributed by atoms with Gasteiger partial charge in [-0.2, -0.15) is 0 Å². The lowest BCUT2D eigenvalue weighted by atomic mass is 10.1. The fourth-order valence-electron chi connectivity index (χ4n) is 3.22. The number of carbonyl (C=O) groups excluding carboxylic acids is 1. The number of sulfonamides is 1. The van der Waals surface area contributed by atoms with E-state index < -0.39 is 10.0 Å². The first-order valence-corrected chi connectivity index (χ1v) is 10.7. The second-order valence-electron chi connectivity index (χ2n) is 6.37. The van der Waals surface area contributed by atoms with Crippen LogP contribution in [-0.4, -0.2) is 20.4 Å². The van der Waals surface area contributed by atoms with Gasteiger partial charge in [0.2, 0.25) is 5.91 Å². The normalized spacial score (nSPS) is 16.5. The van der Waals surface area contributed by atoms with E-state index in [2.05, 4.69) is 20.7 Å². The van der Waals surface area contributed by atoms with Crippen LogP contribution in [0, 0.1) is 6.92 Å². The van der Waals surface area contributed by atoms with Gasteiger partial charge in [0, 0.05) is 28.1 Å². The Morgan fingerprint density at radius 3 is 2.69 bits per heavy atom. The van der Waals surface area contributed by atoms with Crippen molar-refractivity contribution >= 4 is 54.8 Å². The quantitative estimate of drug-likeness (QED) is 0.737. The number of fused-ring (bicyclic) bond motifs is 1. The Labute approximate surface area is 166 Å². The van der Waals surface area contributed by atoms with Crippen LogP contribution in [0.15, 0.2) is 39.7 Å². The number of benzene rings is 2. The van der Waals surface area contributed by atoms with Gasteiger partial charge in [-0.1, -0.05) is 17.7 Å². The molecule has 1 amide bonds. The Bertz CT molecular complexity index is 1010. The third-order valence-electron chi connectivity index (χ3n) is 4.49. The van der Waals surface area contributed by atoms with Crippen LogP contribution in [0.2, 0.25) is 5.02 Å². The molecule has 2 aromatic rings. The lowest BCUT2D eigenvalue weighted by Gasteiger charge is -2.21. The average Bonchev–Trinajstić information content (AvgIpc) is 2.85. The van der Waals surface area contributed by atoms with E-state index in [-0.39, 0.29) is 16.8 Å². The smallest absolute Gasteiger partial charge is 0.263 e. The molecule has 1 heterocycles. The molecule has 1 aliphatic rings. The maximum atomic E-state index is 13.0. The third-order valence-corrected chi connectivity index (χ3v) is 7.22. The van der Waals surface area contributed by atoms with E-state index in [4.69, 9.17) is 11.6 Å². The standard InChI is InChI=1S/C18H18BrClN2O3S/c1-10-7-13-8-14(19)18(9-17(13)22(10)12(3)23)26(24,25)21-16-6-4-5-15(20)11(16)2/h4-6,8-10,21H,7H2,1-3H3. The van der Waals surface area contributed by atoms with Crippen LogP contribution in [0.3, 0.4) is 0 Å². The van der Waals surface area contributed by atoms with Gasteiger partial charge in [0.1, 0.15) is 4.90 Å². The Kier molecular flexibility index (Phi) is 5.07. The topological polar surface area (TPSA) is 66.5 Å². The summed E-state index contributed by atoms with van der Waals surface area (Å²) in [5.41, 5.74) is 2.64. The zero-order valence-electron chi connectivity index (χ0n) is 14.5. The van der Waals surface area contributed by atoms with Crippen molar-refractivity contribution in [2.24, 2.45) is 0 Å². The van der Waals surface area contributed by atoms with Gasteiger partial charge in [-0.25, -0.2) is 8.42 Å². The first kappa shape index (κ1) is 19.2. The minimum atomic E-state index is -3.86. The molecule has 8 heteroatoms. The highest BCUT2D eigenvalue weighted by molar-refractivity contribution is 9.10. The third kappa shape index (κ3) is 3.35. The maximum Gasteiger partial charge on any atom is 0.263 e. The van der Waals surface area contributed by atoms with Crippen LogP contribution in [0.4, 0.5) is 11.4 Å². The second-order valence-corrected chi connectivity index (χ2v) is 9.28. The Balaban J connectivity index is 2.07. The first-order valence-electron chi connectivity index (χ1n) is 8.02. The van der Waals surface area contributed by atoms with E-state index in [0.29, 0.717) is 32.9 Å².